The number of aromatic nitrogens is 1. The summed E-state index contributed by atoms with van der Waals surface area (Å²) in [5, 5.41) is 8.74. The van der Waals surface area contributed by atoms with Gasteiger partial charge in [-0.15, -0.1) is 0 Å². The van der Waals surface area contributed by atoms with Crippen molar-refractivity contribution < 1.29 is 23.1 Å². The molecule has 1 aromatic rings. The van der Waals surface area contributed by atoms with Crippen LogP contribution in [0.5, 0.6) is 0 Å². The van der Waals surface area contributed by atoms with Crippen molar-refractivity contribution in [2.24, 2.45) is 0 Å². The normalized spacial score (nSPS) is 11.8. The van der Waals surface area contributed by atoms with Gasteiger partial charge in [-0.25, -0.2) is 4.79 Å². The minimum atomic E-state index is -4.64. The highest BCUT2D eigenvalue weighted by Crippen LogP contribution is 2.33. The van der Waals surface area contributed by atoms with Gasteiger partial charge in [-0.3, -0.25) is 0 Å². The molecule has 0 aromatic carbocycles. The van der Waals surface area contributed by atoms with Crippen molar-refractivity contribution in [3.63, 3.8) is 0 Å². The maximum absolute atomic E-state index is 12.8. The highest BCUT2D eigenvalue weighted by molar-refractivity contribution is 5.89. The van der Waals surface area contributed by atoms with Gasteiger partial charge in [0.15, 0.2) is 0 Å². The van der Waals surface area contributed by atoms with E-state index in [2.05, 4.69) is 0 Å². The van der Waals surface area contributed by atoms with Gasteiger partial charge in [0, 0.05) is 12.7 Å². The van der Waals surface area contributed by atoms with E-state index in [1.165, 1.54) is 6.20 Å². The molecule has 18 heavy (non-hydrogen) atoms. The maximum atomic E-state index is 12.8. The Labute approximate surface area is 103 Å². The molecular weight excluding hydrogens is 247 g/mol. The van der Waals surface area contributed by atoms with Crippen LogP contribution in [0.15, 0.2) is 12.3 Å². The number of carbonyl (C=O) groups is 1. The molecule has 6 heteroatoms. The third-order valence-corrected chi connectivity index (χ3v) is 2.71. The summed E-state index contributed by atoms with van der Waals surface area (Å²) in [6.45, 7) is 2.21. The molecule has 0 fully saturated rings. The Balaban J connectivity index is 2.88. The van der Waals surface area contributed by atoms with E-state index in [1.807, 2.05) is 6.92 Å². The molecule has 0 amide bonds. The van der Waals surface area contributed by atoms with Crippen molar-refractivity contribution in [3.8, 4) is 0 Å². The standard InChI is InChI=1S/C12H16F3NO2/c1-2-3-4-5-7-16-8-6-9(11(17)18)10(16)12(13,14)15/h6,8H,2-5,7H2,1H3,(H,17,18). The van der Waals surface area contributed by atoms with E-state index in [4.69, 9.17) is 5.11 Å². The van der Waals surface area contributed by atoms with Crippen molar-refractivity contribution in [2.45, 2.75) is 45.3 Å². The minimum Gasteiger partial charge on any atom is -0.478 e. The van der Waals surface area contributed by atoms with E-state index >= 15 is 0 Å². The summed E-state index contributed by atoms with van der Waals surface area (Å²) in [5.41, 5.74) is -1.75. The second-order valence-electron chi connectivity index (χ2n) is 4.13. The second-order valence-corrected chi connectivity index (χ2v) is 4.13. The van der Waals surface area contributed by atoms with Crippen molar-refractivity contribution >= 4 is 5.97 Å². The van der Waals surface area contributed by atoms with Gasteiger partial charge in [-0.1, -0.05) is 26.2 Å². The number of hydrogen-bond donors (Lipinski definition) is 1. The molecule has 0 spiro atoms. The predicted octanol–water partition coefficient (Wildman–Crippen LogP) is 3.79. The van der Waals surface area contributed by atoms with Crippen molar-refractivity contribution in [3.05, 3.63) is 23.5 Å². The predicted molar refractivity (Wildman–Crippen MR) is 60.5 cm³/mol. The van der Waals surface area contributed by atoms with Gasteiger partial charge in [0.05, 0.1) is 5.56 Å². The van der Waals surface area contributed by atoms with Crippen molar-refractivity contribution in [2.75, 3.05) is 0 Å². The van der Waals surface area contributed by atoms with Crippen LogP contribution in [0, 0.1) is 0 Å². The molecule has 1 N–H and O–H groups in total. The van der Waals surface area contributed by atoms with E-state index in [1.54, 1.807) is 0 Å². The fourth-order valence-electron chi connectivity index (χ4n) is 1.86. The van der Waals surface area contributed by atoms with E-state index in [0.717, 1.165) is 29.9 Å². The Morgan fingerprint density at radius 3 is 2.50 bits per heavy atom. The summed E-state index contributed by atoms with van der Waals surface area (Å²) in [6.07, 6.45) is -0.0220. The molecule has 0 unspecified atom stereocenters. The quantitative estimate of drug-likeness (QED) is 0.793. The molecule has 0 aliphatic carbocycles. The van der Waals surface area contributed by atoms with Crippen LogP contribution in [0.1, 0.15) is 48.7 Å². The van der Waals surface area contributed by atoms with Crippen LogP contribution in [0.3, 0.4) is 0 Å². The smallest absolute Gasteiger partial charge is 0.432 e. The van der Waals surface area contributed by atoms with Gasteiger partial charge in [0.2, 0.25) is 0 Å². The summed E-state index contributed by atoms with van der Waals surface area (Å²) in [4.78, 5) is 10.7. The van der Waals surface area contributed by atoms with Gasteiger partial charge in [-0.05, 0) is 12.5 Å². The SMILES string of the molecule is CCCCCCn1ccc(C(=O)O)c1C(F)(F)F. The van der Waals surface area contributed by atoms with E-state index in [-0.39, 0.29) is 6.54 Å². The molecule has 0 saturated heterocycles. The first-order valence-electron chi connectivity index (χ1n) is 5.87. The third kappa shape index (κ3) is 3.51. The van der Waals surface area contributed by atoms with Crippen LogP contribution in [0.4, 0.5) is 13.2 Å². The summed E-state index contributed by atoms with van der Waals surface area (Å²) in [7, 11) is 0. The third-order valence-electron chi connectivity index (χ3n) is 2.71. The molecule has 0 bridgehead atoms. The van der Waals surface area contributed by atoms with Crippen LogP contribution in [-0.4, -0.2) is 15.6 Å². The zero-order chi connectivity index (χ0) is 13.8. The van der Waals surface area contributed by atoms with Crippen LogP contribution in [0.25, 0.3) is 0 Å². The topological polar surface area (TPSA) is 42.2 Å². The number of aryl methyl sites for hydroxylation is 1. The average Bonchev–Trinajstić information content (AvgIpc) is 2.68. The highest BCUT2D eigenvalue weighted by atomic mass is 19.4. The monoisotopic (exact) mass is 263 g/mol. The molecule has 0 aliphatic rings. The number of rotatable bonds is 6. The first-order chi connectivity index (χ1) is 8.38. The molecule has 1 heterocycles. The second kappa shape index (κ2) is 5.93. The van der Waals surface area contributed by atoms with Crippen molar-refractivity contribution in [1.82, 2.24) is 4.57 Å². The Morgan fingerprint density at radius 1 is 1.33 bits per heavy atom. The lowest BCUT2D eigenvalue weighted by Gasteiger charge is -2.13. The Kier molecular flexibility index (Phi) is 4.81. The molecule has 3 nitrogen and oxygen atoms in total. The molecule has 1 rings (SSSR count). The maximum Gasteiger partial charge on any atom is 0.432 e. The highest BCUT2D eigenvalue weighted by Gasteiger charge is 2.38. The fourth-order valence-corrected chi connectivity index (χ4v) is 1.86. The van der Waals surface area contributed by atoms with E-state index in [9.17, 15) is 18.0 Å². The van der Waals surface area contributed by atoms with Gasteiger partial charge in [-0.2, -0.15) is 13.2 Å². The Bertz CT molecular complexity index is 410. The number of hydrogen-bond acceptors (Lipinski definition) is 1. The molecule has 0 radical (unpaired) electrons. The number of alkyl halides is 3. The Morgan fingerprint density at radius 2 is 2.00 bits per heavy atom. The van der Waals surface area contributed by atoms with Crippen LogP contribution >= 0.6 is 0 Å². The van der Waals surface area contributed by atoms with Crippen LogP contribution in [-0.2, 0) is 12.7 Å². The van der Waals surface area contributed by atoms with Gasteiger partial charge >= 0.3 is 12.1 Å². The summed E-state index contributed by atoms with van der Waals surface area (Å²) < 4.78 is 39.4. The molecule has 1 aromatic heterocycles. The molecule has 0 atom stereocenters. The minimum absolute atomic E-state index is 0.197. The number of halogens is 3. The number of unbranched alkanes of at least 4 members (excludes halogenated alkanes) is 3. The zero-order valence-electron chi connectivity index (χ0n) is 10.1. The summed E-state index contributed by atoms with van der Waals surface area (Å²) in [6, 6.07) is 1.00. The van der Waals surface area contributed by atoms with Gasteiger partial charge < -0.3 is 9.67 Å². The number of aromatic carboxylic acids is 1. The summed E-state index contributed by atoms with van der Waals surface area (Å²) in [5.74, 6) is -1.55. The number of carboxylic acids is 1. The number of nitrogens with zero attached hydrogens (tertiary/aromatic N) is 1. The summed E-state index contributed by atoms with van der Waals surface area (Å²) >= 11 is 0. The van der Waals surface area contributed by atoms with Crippen LogP contribution in [0.2, 0.25) is 0 Å². The first kappa shape index (κ1) is 14.6. The number of carboxylic acid groups (broad SMARTS) is 1. The lowest BCUT2D eigenvalue weighted by molar-refractivity contribution is -0.144. The van der Waals surface area contributed by atoms with E-state index in [0.29, 0.717) is 6.42 Å². The molecular formula is C12H16F3NO2. The van der Waals surface area contributed by atoms with Crippen LogP contribution < -0.4 is 0 Å². The van der Waals surface area contributed by atoms with Gasteiger partial charge in [0.25, 0.3) is 0 Å². The molecule has 0 saturated carbocycles. The zero-order valence-corrected chi connectivity index (χ0v) is 10.1. The lowest BCUT2D eigenvalue weighted by atomic mass is 10.2. The first-order valence-corrected chi connectivity index (χ1v) is 5.87. The fraction of sp³-hybridized carbons (Fsp3) is 0.583. The Hall–Kier alpha value is -1.46. The van der Waals surface area contributed by atoms with E-state index < -0.39 is 23.4 Å². The molecule has 102 valence electrons. The lowest BCUT2D eigenvalue weighted by Crippen LogP contribution is -2.17. The van der Waals surface area contributed by atoms with Gasteiger partial charge in [0.1, 0.15) is 5.69 Å². The molecule has 0 aliphatic heterocycles. The average molecular weight is 263 g/mol. The van der Waals surface area contributed by atoms with Crippen molar-refractivity contribution in [1.29, 1.82) is 0 Å². The largest absolute Gasteiger partial charge is 0.478 e.